The third-order valence-corrected chi connectivity index (χ3v) is 2.50. The number of methoxy groups -OCH3 is 1. The highest BCUT2D eigenvalue weighted by molar-refractivity contribution is 4.92. The van der Waals surface area contributed by atoms with E-state index in [0.717, 1.165) is 31.8 Å². The van der Waals surface area contributed by atoms with E-state index < -0.39 is 0 Å². The van der Waals surface area contributed by atoms with Crippen LogP contribution in [0.2, 0.25) is 0 Å². The lowest BCUT2D eigenvalue weighted by Gasteiger charge is -2.08. The molecule has 0 aromatic carbocycles. The Balaban J connectivity index is 2.33. The van der Waals surface area contributed by atoms with Crippen LogP contribution in [0.5, 0.6) is 0 Å². The number of hydrogen-bond donors (Lipinski definition) is 1. The average Bonchev–Trinajstić information content (AvgIpc) is 2.73. The Kier molecular flexibility index (Phi) is 6.03. The molecule has 0 saturated heterocycles. The van der Waals surface area contributed by atoms with E-state index in [4.69, 9.17) is 4.74 Å². The van der Waals surface area contributed by atoms with Crippen molar-refractivity contribution in [2.75, 3.05) is 20.3 Å². The van der Waals surface area contributed by atoms with Crippen molar-refractivity contribution in [1.82, 2.24) is 20.3 Å². The molecule has 16 heavy (non-hydrogen) atoms. The maximum absolute atomic E-state index is 4.95. The van der Waals surface area contributed by atoms with Crippen molar-refractivity contribution in [3.63, 3.8) is 0 Å². The molecule has 92 valence electrons. The molecule has 0 amide bonds. The molecule has 0 bridgehead atoms. The first kappa shape index (κ1) is 13.1. The summed E-state index contributed by atoms with van der Waals surface area (Å²) in [6.45, 7) is 6.66. The fourth-order valence-corrected chi connectivity index (χ4v) is 1.55. The first-order valence-corrected chi connectivity index (χ1v) is 5.88. The predicted octanol–water partition coefficient (Wildman–Crippen LogP) is 1.38. The molecule has 5 nitrogen and oxygen atoms in total. The minimum absolute atomic E-state index is 0.435. The molecule has 1 atom stereocenters. The summed E-state index contributed by atoms with van der Waals surface area (Å²) in [6.07, 6.45) is 4.32. The van der Waals surface area contributed by atoms with Crippen molar-refractivity contribution in [1.29, 1.82) is 0 Å². The lowest BCUT2D eigenvalue weighted by Crippen LogP contribution is -2.18. The summed E-state index contributed by atoms with van der Waals surface area (Å²) >= 11 is 0. The van der Waals surface area contributed by atoms with Gasteiger partial charge in [0.2, 0.25) is 0 Å². The fraction of sp³-hybridized carbons (Fsp3) is 0.818. The summed E-state index contributed by atoms with van der Waals surface area (Å²) in [4.78, 5) is 0. The van der Waals surface area contributed by atoms with Crippen LogP contribution in [0.1, 0.15) is 38.4 Å². The quantitative estimate of drug-likeness (QED) is 0.680. The molecule has 0 aliphatic carbocycles. The Hall–Kier alpha value is -0.940. The molecular weight excluding hydrogens is 204 g/mol. The van der Waals surface area contributed by atoms with Crippen molar-refractivity contribution < 1.29 is 4.74 Å². The second-order valence-corrected chi connectivity index (χ2v) is 4.00. The molecule has 1 aromatic rings. The fourth-order valence-electron chi connectivity index (χ4n) is 1.55. The van der Waals surface area contributed by atoms with Crippen LogP contribution >= 0.6 is 0 Å². The summed E-state index contributed by atoms with van der Waals surface area (Å²) in [7, 11) is 1.70. The minimum Gasteiger partial charge on any atom is -0.383 e. The third-order valence-electron chi connectivity index (χ3n) is 2.50. The van der Waals surface area contributed by atoms with Gasteiger partial charge in [0.1, 0.15) is 0 Å². The monoisotopic (exact) mass is 226 g/mol. The smallest absolute Gasteiger partial charge is 0.0964 e. The third kappa shape index (κ3) is 4.28. The number of hydrogen-bond acceptors (Lipinski definition) is 4. The van der Waals surface area contributed by atoms with E-state index in [1.54, 1.807) is 7.11 Å². The molecule has 1 N–H and O–H groups in total. The van der Waals surface area contributed by atoms with Crippen molar-refractivity contribution >= 4 is 0 Å². The van der Waals surface area contributed by atoms with Crippen LogP contribution in [-0.4, -0.2) is 35.3 Å². The summed E-state index contributed by atoms with van der Waals surface area (Å²) in [5, 5.41) is 11.5. The van der Waals surface area contributed by atoms with Crippen LogP contribution in [0.4, 0.5) is 0 Å². The average molecular weight is 226 g/mol. The zero-order valence-corrected chi connectivity index (χ0v) is 10.4. The molecule has 0 fully saturated rings. The van der Waals surface area contributed by atoms with E-state index in [2.05, 4.69) is 29.5 Å². The van der Waals surface area contributed by atoms with Crippen molar-refractivity contribution in [3.05, 3.63) is 11.9 Å². The lowest BCUT2D eigenvalue weighted by atomic mass is 10.2. The highest BCUT2D eigenvalue weighted by Gasteiger charge is 2.06. The maximum Gasteiger partial charge on any atom is 0.0964 e. The molecule has 1 unspecified atom stereocenters. The summed E-state index contributed by atoms with van der Waals surface area (Å²) in [5.74, 6) is 0. The normalized spacial score (nSPS) is 12.9. The first-order valence-electron chi connectivity index (χ1n) is 5.88. The van der Waals surface area contributed by atoms with Gasteiger partial charge < -0.3 is 10.1 Å². The number of aromatic nitrogens is 3. The molecule has 0 radical (unpaired) electrons. The summed E-state index contributed by atoms with van der Waals surface area (Å²) in [6, 6.07) is 0.435. The Morgan fingerprint density at radius 3 is 3.06 bits per heavy atom. The molecule has 1 aromatic heterocycles. The van der Waals surface area contributed by atoms with Gasteiger partial charge in [0.15, 0.2) is 0 Å². The molecular formula is C11H22N4O. The largest absolute Gasteiger partial charge is 0.383 e. The van der Waals surface area contributed by atoms with E-state index in [9.17, 15) is 0 Å². The van der Waals surface area contributed by atoms with Crippen molar-refractivity contribution in [2.45, 2.75) is 39.3 Å². The number of nitrogens with zero attached hydrogens (tertiary/aromatic N) is 3. The minimum atomic E-state index is 0.435. The highest BCUT2D eigenvalue weighted by atomic mass is 16.5. The Morgan fingerprint density at radius 2 is 2.38 bits per heavy atom. The molecule has 0 saturated carbocycles. The second-order valence-electron chi connectivity index (χ2n) is 4.00. The number of nitrogens with one attached hydrogen (secondary N) is 1. The molecule has 0 spiro atoms. The van der Waals surface area contributed by atoms with E-state index in [-0.39, 0.29) is 0 Å². The zero-order valence-electron chi connectivity index (χ0n) is 10.4. The van der Waals surface area contributed by atoms with E-state index in [0.29, 0.717) is 6.04 Å². The molecule has 0 aliphatic heterocycles. The van der Waals surface area contributed by atoms with Gasteiger partial charge in [-0.05, 0) is 13.3 Å². The van der Waals surface area contributed by atoms with E-state index in [1.807, 2.05) is 10.9 Å². The Bertz CT molecular complexity index is 287. The molecule has 1 rings (SSSR count). The topological polar surface area (TPSA) is 52.0 Å². The van der Waals surface area contributed by atoms with Crippen LogP contribution in [0.15, 0.2) is 6.20 Å². The van der Waals surface area contributed by atoms with Gasteiger partial charge in [-0.2, -0.15) is 0 Å². The van der Waals surface area contributed by atoms with E-state index in [1.165, 1.54) is 6.42 Å². The number of ether oxygens (including phenoxy) is 1. The van der Waals surface area contributed by atoms with Gasteiger partial charge in [-0.15, -0.1) is 5.10 Å². The van der Waals surface area contributed by atoms with Gasteiger partial charge >= 0.3 is 0 Å². The van der Waals surface area contributed by atoms with Gasteiger partial charge in [0, 0.05) is 20.2 Å². The number of rotatable bonds is 8. The van der Waals surface area contributed by atoms with Gasteiger partial charge in [-0.3, -0.25) is 0 Å². The standard InChI is InChI=1S/C11H22N4O/c1-4-5-10(2)15-9-11(13-14-15)8-12-6-7-16-3/h9-10,12H,4-8H2,1-3H3. The van der Waals surface area contributed by atoms with Gasteiger partial charge in [-0.25, -0.2) is 4.68 Å². The molecule has 1 heterocycles. The summed E-state index contributed by atoms with van der Waals surface area (Å²) < 4.78 is 6.89. The van der Waals surface area contributed by atoms with Crippen molar-refractivity contribution in [3.8, 4) is 0 Å². The Labute approximate surface area is 97.2 Å². The maximum atomic E-state index is 4.95. The predicted molar refractivity (Wildman–Crippen MR) is 63.2 cm³/mol. The van der Waals surface area contributed by atoms with Crippen molar-refractivity contribution in [2.24, 2.45) is 0 Å². The molecule has 0 aliphatic rings. The van der Waals surface area contributed by atoms with Crippen LogP contribution in [0.25, 0.3) is 0 Å². The Morgan fingerprint density at radius 1 is 1.56 bits per heavy atom. The van der Waals surface area contributed by atoms with E-state index >= 15 is 0 Å². The van der Waals surface area contributed by atoms with Gasteiger partial charge in [0.05, 0.1) is 24.5 Å². The lowest BCUT2D eigenvalue weighted by molar-refractivity contribution is 0.199. The molecule has 5 heteroatoms. The van der Waals surface area contributed by atoms with Crippen LogP contribution in [0, 0.1) is 0 Å². The summed E-state index contributed by atoms with van der Waals surface area (Å²) in [5.41, 5.74) is 0.985. The first-order chi connectivity index (χ1) is 7.77. The van der Waals surface area contributed by atoms with Crippen LogP contribution < -0.4 is 5.32 Å². The highest BCUT2D eigenvalue weighted by Crippen LogP contribution is 2.10. The van der Waals surface area contributed by atoms with Gasteiger partial charge in [0.25, 0.3) is 0 Å². The van der Waals surface area contributed by atoms with Crippen LogP contribution in [0.3, 0.4) is 0 Å². The second kappa shape index (κ2) is 7.35. The SMILES string of the molecule is CCCC(C)n1cc(CNCCOC)nn1. The van der Waals surface area contributed by atoms with Crippen LogP contribution in [-0.2, 0) is 11.3 Å². The zero-order chi connectivity index (χ0) is 11.8. The van der Waals surface area contributed by atoms with Gasteiger partial charge in [-0.1, -0.05) is 18.6 Å².